The summed E-state index contributed by atoms with van der Waals surface area (Å²) >= 11 is 6.08. The molecule has 2 N–H and O–H groups in total. The van der Waals surface area contributed by atoms with E-state index in [9.17, 15) is 31.1 Å². The number of pyridine rings is 1. The largest absolute Gasteiger partial charge is 0.433 e. The standard InChI is InChI=1S/C25H24ClF6N5O/c26-14-6-7-19-17(8-14)20(10-21(35-19)25(30,31)32)33-15-2-1-3-16(9-15)34-23(38)18-11-37(12-24(27,28)29)36-22(18)13-4-5-13/h6-8,10-11,13,15-16H,1-5,9,12H2,(H,33,35)(H,34,38)/t15-,16+/m0/s1. The zero-order valence-electron chi connectivity index (χ0n) is 20.0. The highest BCUT2D eigenvalue weighted by Gasteiger charge is 2.36. The minimum absolute atomic E-state index is 0.0272. The molecule has 1 aromatic carbocycles. The van der Waals surface area contributed by atoms with Crippen LogP contribution in [0, 0.1) is 0 Å². The van der Waals surface area contributed by atoms with Crippen molar-refractivity contribution in [1.82, 2.24) is 20.1 Å². The molecule has 2 heterocycles. The minimum atomic E-state index is -4.64. The molecular formula is C25H24ClF6N5O. The number of carbonyl (C=O) groups is 1. The van der Waals surface area contributed by atoms with Crippen LogP contribution in [0.5, 0.6) is 0 Å². The Bertz CT molecular complexity index is 1350. The molecule has 38 heavy (non-hydrogen) atoms. The van der Waals surface area contributed by atoms with Gasteiger partial charge in [-0.1, -0.05) is 11.6 Å². The van der Waals surface area contributed by atoms with Crippen molar-refractivity contribution in [1.29, 1.82) is 0 Å². The van der Waals surface area contributed by atoms with Crippen molar-refractivity contribution in [3.63, 3.8) is 0 Å². The minimum Gasteiger partial charge on any atom is -0.382 e. The number of hydrogen-bond acceptors (Lipinski definition) is 4. The number of anilines is 1. The van der Waals surface area contributed by atoms with E-state index >= 15 is 0 Å². The van der Waals surface area contributed by atoms with Gasteiger partial charge < -0.3 is 10.6 Å². The van der Waals surface area contributed by atoms with Crippen molar-refractivity contribution in [3.05, 3.63) is 52.4 Å². The molecule has 2 atom stereocenters. The van der Waals surface area contributed by atoms with E-state index in [4.69, 9.17) is 11.6 Å². The summed E-state index contributed by atoms with van der Waals surface area (Å²) in [5.41, 5.74) is -0.130. The van der Waals surface area contributed by atoms with E-state index in [-0.39, 0.29) is 34.8 Å². The number of aromatic nitrogens is 3. The van der Waals surface area contributed by atoms with E-state index in [1.165, 1.54) is 12.1 Å². The van der Waals surface area contributed by atoms with E-state index in [0.717, 1.165) is 29.8 Å². The number of nitrogens with zero attached hydrogens (tertiary/aromatic N) is 3. The maximum atomic E-state index is 13.5. The van der Waals surface area contributed by atoms with Crippen LogP contribution < -0.4 is 10.6 Å². The highest BCUT2D eigenvalue weighted by Crippen LogP contribution is 2.41. The highest BCUT2D eigenvalue weighted by molar-refractivity contribution is 6.31. The average molecular weight is 560 g/mol. The Hall–Kier alpha value is -3.02. The van der Waals surface area contributed by atoms with Crippen LogP contribution in [0.2, 0.25) is 5.02 Å². The van der Waals surface area contributed by atoms with Crippen LogP contribution in [0.3, 0.4) is 0 Å². The van der Waals surface area contributed by atoms with Gasteiger partial charge in [0.15, 0.2) is 0 Å². The van der Waals surface area contributed by atoms with Crippen LogP contribution in [0.1, 0.15) is 66.2 Å². The molecule has 1 amide bonds. The number of alkyl halides is 6. The molecular weight excluding hydrogens is 536 g/mol. The number of hydrogen-bond donors (Lipinski definition) is 2. The first-order valence-corrected chi connectivity index (χ1v) is 12.6. The summed E-state index contributed by atoms with van der Waals surface area (Å²) in [4.78, 5) is 16.8. The van der Waals surface area contributed by atoms with Gasteiger partial charge in [-0.25, -0.2) is 4.98 Å². The Morgan fingerprint density at radius 3 is 2.47 bits per heavy atom. The maximum Gasteiger partial charge on any atom is 0.433 e. The van der Waals surface area contributed by atoms with Crippen LogP contribution in [0.4, 0.5) is 32.0 Å². The van der Waals surface area contributed by atoms with E-state index < -0.39 is 30.5 Å². The number of halogens is 7. The zero-order chi connectivity index (χ0) is 27.2. The van der Waals surface area contributed by atoms with Gasteiger partial charge in [0.25, 0.3) is 5.91 Å². The summed E-state index contributed by atoms with van der Waals surface area (Å²) < 4.78 is 79.8. The first-order valence-electron chi connectivity index (χ1n) is 12.2. The molecule has 6 nitrogen and oxygen atoms in total. The van der Waals surface area contributed by atoms with Crippen molar-refractivity contribution in [3.8, 4) is 0 Å². The smallest absolute Gasteiger partial charge is 0.382 e. The van der Waals surface area contributed by atoms with Gasteiger partial charge in [0.05, 0.1) is 16.8 Å². The fourth-order valence-electron chi connectivity index (χ4n) is 4.93. The first kappa shape index (κ1) is 26.6. The molecule has 0 spiro atoms. The summed E-state index contributed by atoms with van der Waals surface area (Å²) in [5, 5.41) is 10.9. The lowest BCUT2D eigenvalue weighted by Crippen LogP contribution is -2.42. The summed E-state index contributed by atoms with van der Waals surface area (Å²) in [6, 6.07) is 4.84. The molecule has 204 valence electrons. The van der Waals surface area contributed by atoms with Crippen molar-refractivity contribution < 1.29 is 31.1 Å². The van der Waals surface area contributed by atoms with Gasteiger partial charge in [-0.2, -0.15) is 31.4 Å². The first-order chi connectivity index (χ1) is 17.9. The number of nitrogens with one attached hydrogen (secondary N) is 2. The number of benzene rings is 1. The molecule has 0 aliphatic heterocycles. The van der Waals surface area contributed by atoms with Crippen molar-refractivity contribution in [2.45, 2.75) is 75.4 Å². The fraction of sp³-hybridized carbons (Fsp3) is 0.480. The second-order valence-corrected chi connectivity index (χ2v) is 10.3. The third-order valence-corrected chi connectivity index (χ3v) is 7.01. The Labute approximate surface area is 218 Å². The molecule has 2 aliphatic rings. The Morgan fingerprint density at radius 2 is 1.79 bits per heavy atom. The van der Waals surface area contributed by atoms with E-state index in [2.05, 4.69) is 20.7 Å². The number of rotatable bonds is 6. The van der Waals surface area contributed by atoms with Crippen molar-refractivity contribution >= 4 is 34.1 Å². The van der Waals surface area contributed by atoms with Crippen molar-refractivity contribution in [2.75, 3.05) is 5.32 Å². The van der Waals surface area contributed by atoms with Gasteiger partial charge in [0.2, 0.25) is 0 Å². The molecule has 0 radical (unpaired) electrons. The van der Waals surface area contributed by atoms with Gasteiger partial charge in [0.1, 0.15) is 12.2 Å². The normalized spacial score (nSPS) is 20.5. The monoisotopic (exact) mass is 559 g/mol. The lowest BCUT2D eigenvalue weighted by Gasteiger charge is -2.31. The second kappa shape index (κ2) is 9.94. The van der Waals surface area contributed by atoms with Gasteiger partial charge >= 0.3 is 12.4 Å². The molecule has 0 unspecified atom stereocenters. The Kier molecular flexibility index (Phi) is 6.95. The van der Waals surface area contributed by atoms with E-state index in [1.807, 2.05) is 0 Å². The van der Waals surface area contributed by atoms with Gasteiger partial charge in [0, 0.05) is 40.3 Å². The number of carbonyl (C=O) groups excluding carboxylic acids is 1. The average Bonchev–Trinajstić information content (AvgIpc) is 3.58. The van der Waals surface area contributed by atoms with Crippen LogP contribution in [0.25, 0.3) is 10.9 Å². The molecule has 2 saturated carbocycles. The van der Waals surface area contributed by atoms with E-state index in [1.54, 1.807) is 6.07 Å². The predicted molar refractivity (Wildman–Crippen MR) is 129 cm³/mol. The third kappa shape index (κ3) is 6.16. The molecule has 2 aromatic heterocycles. The van der Waals surface area contributed by atoms with Gasteiger partial charge in [-0.3, -0.25) is 9.48 Å². The molecule has 13 heteroatoms. The van der Waals surface area contributed by atoms with Crippen molar-refractivity contribution in [2.24, 2.45) is 0 Å². The van der Waals surface area contributed by atoms with Gasteiger partial charge in [-0.15, -0.1) is 0 Å². The lowest BCUT2D eigenvalue weighted by atomic mass is 9.90. The molecule has 2 fully saturated rings. The molecule has 0 bridgehead atoms. The van der Waals surface area contributed by atoms with Crippen LogP contribution in [-0.2, 0) is 12.7 Å². The molecule has 0 saturated heterocycles. The van der Waals surface area contributed by atoms with E-state index in [0.29, 0.717) is 41.8 Å². The third-order valence-electron chi connectivity index (χ3n) is 6.77. The lowest BCUT2D eigenvalue weighted by molar-refractivity contribution is -0.143. The molecule has 2 aliphatic carbocycles. The Morgan fingerprint density at radius 1 is 1.05 bits per heavy atom. The Balaban J connectivity index is 1.32. The summed E-state index contributed by atoms with van der Waals surface area (Å²) in [5.74, 6) is -0.521. The zero-order valence-corrected chi connectivity index (χ0v) is 20.7. The SMILES string of the molecule is O=C(N[C@@H]1CCC[C@H](Nc2cc(C(F)(F)F)nc3ccc(Cl)cc23)C1)c1cn(CC(F)(F)F)nc1C1CC1. The predicted octanol–water partition coefficient (Wildman–Crippen LogP) is 6.70. The summed E-state index contributed by atoms with van der Waals surface area (Å²) in [7, 11) is 0. The van der Waals surface area contributed by atoms with Crippen LogP contribution in [0.15, 0.2) is 30.5 Å². The number of amides is 1. The number of fused-ring (bicyclic) bond motifs is 1. The second-order valence-electron chi connectivity index (χ2n) is 9.91. The van der Waals surface area contributed by atoms with Gasteiger partial charge in [-0.05, 0) is 62.8 Å². The highest BCUT2D eigenvalue weighted by atomic mass is 35.5. The molecule has 3 aromatic rings. The quantitative estimate of drug-likeness (QED) is 0.330. The summed E-state index contributed by atoms with van der Waals surface area (Å²) in [6.07, 6.45) is -4.01. The van der Waals surface area contributed by atoms with Crippen LogP contribution >= 0.6 is 11.6 Å². The maximum absolute atomic E-state index is 13.5. The fourth-order valence-corrected chi connectivity index (χ4v) is 5.10. The van der Waals surface area contributed by atoms with Crippen LogP contribution in [-0.4, -0.2) is 38.9 Å². The topological polar surface area (TPSA) is 71.8 Å². The summed E-state index contributed by atoms with van der Waals surface area (Å²) in [6.45, 7) is -1.28. The molecule has 5 rings (SSSR count).